The van der Waals surface area contributed by atoms with E-state index in [1.54, 1.807) is 11.3 Å². The molecule has 2 unspecified atom stereocenters. The maximum Gasteiger partial charge on any atom is 0.109 e. The van der Waals surface area contributed by atoms with E-state index in [4.69, 9.17) is 6.42 Å². The maximum absolute atomic E-state index is 5.30. The zero-order valence-corrected chi connectivity index (χ0v) is 9.69. The van der Waals surface area contributed by atoms with Crippen molar-refractivity contribution in [2.45, 2.75) is 39.3 Å². The Kier molecular flexibility index (Phi) is 4.12. The number of nitrogens with zero attached hydrogens (tertiary/aromatic N) is 1. The van der Waals surface area contributed by atoms with Gasteiger partial charge in [0.25, 0.3) is 0 Å². The molecular formula is C11H16N2S. The Morgan fingerprint density at radius 2 is 2.36 bits per heavy atom. The van der Waals surface area contributed by atoms with Gasteiger partial charge in [0.15, 0.2) is 0 Å². The van der Waals surface area contributed by atoms with E-state index in [1.807, 2.05) is 13.1 Å². The fourth-order valence-electron chi connectivity index (χ4n) is 1.18. The van der Waals surface area contributed by atoms with E-state index in [0.29, 0.717) is 0 Å². The van der Waals surface area contributed by atoms with Crippen molar-refractivity contribution in [3.8, 4) is 12.3 Å². The normalized spacial score (nSPS) is 14.7. The summed E-state index contributed by atoms with van der Waals surface area (Å²) in [5.74, 6) is 2.65. The molecule has 3 heteroatoms. The molecule has 14 heavy (non-hydrogen) atoms. The van der Waals surface area contributed by atoms with Crippen LogP contribution < -0.4 is 5.32 Å². The van der Waals surface area contributed by atoms with Gasteiger partial charge in [-0.15, -0.1) is 17.8 Å². The average Bonchev–Trinajstić information content (AvgIpc) is 2.65. The number of terminal acetylenes is 1. The van der Waals surface area contributed by atoms with Gasteiger partial charge in [-0.05, 0) is 20.3 Å². The summed E-state index contributed by atoms with van der Waals surface area (Å²) in [6.07, 6.45) is 8.29. The predicted molar refractivity (Wildman–Crippen MR) is 61.3 cm³/mol. The van der Waals surface area contributed by atoms with Crippen LogP contribution in [0.3, 0.4) is 0 Å². The molecular weight excluding hydrogens is 192 g/mol. The molecule has 0 saturated carbocycles. The summed E-state index contributed by atoms with van der Waals surface area (Å²) < 4.78 is 0. The molecule has 0 radical (unpaired) electrons. The Balaban J connectivity index is 2.61. The molecule has 0 saturated heterocycles. The van der Waals surface area contributed by atoms with Crippen molar-refractivity contribution in [2.24, 2.45) is 0 Å². The van der Waals surface area contributed by atoms with E-state index in [-0.39, 0.29) is 12.1 Å². The lowest BCUT2D eigenvalue weighted by atomic mass is 10.3. The second-order valence-corrected chi connectivity index (χ2v) is 4.44. The van der Waals surface area contributed by atoms with Crippen LogP contribution in [0, 0.1) is 12.3 Å². The van der Waals surface area contributed by atoms with Gasteiger partial charge in [0.2, 0.25) is 0 Å². The van der Waals surface area contributed by atoms with E-state index in [9.17, 15) is 0 Å². The maximum atomic E-state index is 5.30. The van der Waals surface area contributed by atoms with Crippen molar-refractivity contribution in [1.82, 2.24) is 10.3 Å². The summed E-state index contributed by atoms with van der Waals surface area (Å²) in [7, 11) is 0. The fraction of sp³-hybridized carbons (Fsp3) is 0.545. The van der Waals surface area contributed by atoms with Crippen LogP contribution in [0.15, 0.2) is 6.20 Å². The SMILES string of the molecule is C#CC(C)NC(C)c1ncc(CC)s1. The minimum Gasteiger partial charge on any atom is -0.295 e. The lowest BCUT2D eigenvalue weighted by Gasteiger charge is -2.13. The molecule has 1 rings (SSSR count). The summed E-state index contributed by atoms with van der Waals surface area (Å²) >= 11 is 1.75. The minimum absolute atomic E-state index is 0.0963. The Bertz CT molecular complexity index is 324. The van der Waals surface area contributed by atoms with Crippen LogP contribution in [0.4, 0.5) is 0 Å². The monoisotopic (exact) mass is 208 g/mol. The first-order chi connectivity index (χ1) is 6.67. The molecule has 2 nitrogen and oxygen atoms in total. The Hall–Kier alpha value is -0.850. The van der Waals surface area contributed by atoms with E-state index in [1.165, 1.54) is 4.88 Å². The summed E-state index contributed by atoms with van der Waals surface area (Å²) in [5.41, 5.74) is 0. The molecule has 0 amide bonds. The van der Waals surface area contributed by atoms with Gasteiger partial charge >= 0.3 is 0 Å². The third kappa shape index (κ3) is 2.83. The third-order valence-corrected chi connectivity index (χ3v) is 3.36. The van der Waals surface area contributed by atoms with E-state index in [2.05, 4.69) is 30.1 Å². The second-order valence-electron chi connectivity index (χ2n) is 3.30. The van der Waals surface area contributed by atoms with Gasteiger partial charge in [-0.2, -0.15) is 0 Å². The average molecular weight is 208 g/mol. The first kappa shape index (κ1) is 11.2. The van der Waals surface area contributed by atoms with Crippen molar-refractivity contribution in [2.75, 3.05) is 0 Å². The molecule has 0 bridgehead atoms. The summed E-state index contributed by atoms with van der Waals surface area (Å²) in [4.78, 5) is 5.68. The Morgan fingerprint density at radius 3 is 2.86 bits per heavy atom. The van der Waals surface area contributed by atoms with Crippen LogP contribution >= 0.6 is 11.3 Å². The molecule has 1 aromatic heterocycles. The largest absolute Gasteiger partial charge is 0.295 e. The molecule has 0 aliphatic heterocycles. The molecule has 0 aromatic carbocycles. The van der Waals surface area contributed by atoms with Gasteiger partial charge in [-0.25, -0.2) is 4.98 Å². The lowest BCUT2D eigenvalue weighted by Crippen LogP contribution is -2.27. The van der Waals surface area contributed by atoms with Crippen LogP contribution in [0.2, 0.25) is 0 Å². The summed E-state index contributed by atoms with van der Waals surface area (Å²) in [5, 5.41) is 4.41. The number of hydrogen-bond acceptors (Lipinski definition) is 3. The van der Waals surface area contributed by atoms with Crippen LogP contribution in [-0.4, -0.2) is 11.0 Å². The molecule has 0 fully saturated rings. The molecule has 0 spiro atoms. The van der Waals surface area contributed by atoms with E-state index in [0.717, 1.165) is 11.4 Å². The molecule has 1 aromatic rings. The van der Waals surface area contributed by atoms with E-state index >= 15 is 0 Å². The zero-order valence-electron chi connectivity index (χ0n) is 8.87. The van der Waals surface area contributed by atoms with Gasteiger partial charge in [0.05, 0.1) is 12.1 Å². The minimum atomic E-state index is 0.0963. The molecule has 76 valence electrons. The van der Waals surface area contributed by atoms with E-state index < -0.39 is 0 Å². The van der Waals surface area contributed by atoms with Crippen molar-refractivity contribution >= 4 is 11.3 Å². The Labute approximate surface area is 89.8 Å². The summed E-state index contributed by atoms with van der Waals surface area (Å²) in [6.45, 7) is 6.20. The van der Waals surface area contributed by atoms with Crippen molar-refractivity contribution < 1.29 is 0 Å². The van der Waals surface area contributed by atoms with Crippen molar-refractivity contribution in [3.63, 3.8) is 0 Å². The van der Waals surface area contributed by atoms with Crippen LogP contribution in [-0.2, 0) is 6.42 Å². The van der Waals surface area contributed by atoms with Crippen molar-refractivity contribution in [3.05, 3.63) is 16.1 Å². The first-order valence-corrected chi connectivity index (χ1v) is 5.65. The van der Waals surface area contributed by atoms with Crippen LogP contribution in [0.1, 0.15) is 36.7 Å². The van der Waals surface area contributed by atoms with Crippen LogP contribution in [0.5, 0.6) is 0 Å². The third-order valence-electron chi connectivity index (χ3n) is 2.04. The predicted octanol–water partition coefficient (Wildman–Crippen LogP) is 2.38. The number of rotatable bonds is 4. The molecule has 2 atom stereocenters. The standard InChI is InChI=1S/C11H16N2S/c1-5-8(3)13-9(4)11-12-7-10(6-2)14-11/h1,7-9,13H,6H2,2-4H3. The van der Waals surface area contributed by atoms with Gasteiger partial charge in [0.1, 0.15) is 5.01 Å². The highest BCUT2D eigenvalue weighted by Gasteiger charge is 2.11. The molecule has 0 aliphatic carbocycles. The van der Waals surface area contributed by atoms with Gasteiger partial charge in [-0.1, -0.05) is 12.8 Å². The topological polar surface area (TPSA) is 24.9 Å². The Morgan fingerprint density at radius 1 is 1.64 bits per heavy atom. The van der Waals surface area contributed by atoms with Gasteiger partial charge in [0, 0.05) is 11.1 Å². The molecule has 0 aliphatic rings. The number of aromatic nitrogens is 1. The fourth-order valence-corrected chi connectivity index (χ4v) is 2.05. The quantitative estimate of drug-likeness (QED) is 0.768. The molecule has 1 N–H and O–H groups in total. The number of aryl methyl sites for hydroxylation is 1. The first-order valence-electron chi connectivity index (χ1n) is 4.84. The highest BCUT2D eigenvalue weighted by Crippen LogP contribution is 2.20. The number of nitrogens with one attached hydrogen (secondary N) is 1. The smallest absolute Gasteiger partial charge is 0.109 e. The van der Waals surface area contributed by atoms with Crippen molar-refractivity contribution in [1.29, 1.82) is 0 Å². The second kappa shape index (κ2) is 5.14. The number of thiazole rings is 1. The summed E-state index contributed by atoms with van der Waals surface area (Å²) in [6, 6.07) is 0.338. The molecule has 1 heterocycles. The van der Waals surface area contributed by atoms with Crippen LogP contribution in [0.25, 0.3) is 0 Å². The van der Waals surface area contributed by atoms with Gasteiger partial charge in [-0.3, -0.25) is 5.32 Å². The van der Waals surface area contributed by atoms with Gasteiger partial charge < -0.3 is 0 Å². The number of hydrogen-bond donors (Lipinski definition) is 1. The highest BCUT2D eigenvalue weighted by atomic mass is 32.1. The zero-order chi connectivity index (χ0) is 10.6. The lowest BCUT2D eigenvalue weighted by molar-refractivity contribution is 0.544. The highest BCUT2D eigenvalue weighted by molar-refractivity contribution is 7.11.